The Bertz CT molecular complexity index is 757. The molecule has 0 spiro atoms. The summed E-state index contributed by atoms with van der Waals surface area (Å²) in [7, 11) is 1.14. The van der Waals surface area contributed by atoms with Crippen LogP contribution >= 0.6 is 0 Å². The van der Waals surface area contributed by atoms with Crippen LogP contribution in [0.15, 0.2) is 18.2 Å². The maximum Gasteiger partial charge on any atom is 0.341 e. The lowest BCUT2D eigenvalue weighted by atomic mass is 10.0. The van der Waals surface area contributed by atoms with E-state index in [0.717, 1.165) is 7.11 Å². The maximum atomic E-state index is 11.7. The van der Waals surface area contributed by atoms with Gasteiger partial charge in [0.15, 0.2) is 6.29 Å². The minimum Gasteiger partial charge on any atom is -0.507 e. The fourth-order valence-corrected chi connectivity index (χ4v) is 3.10. The zero-order valence-electron chi connectivity index (χ0n) is 16.0. The lowest BCUT2D eigenvalue weighted by Gasteiger charge is -2.39. The first kappa shape index (κ1) is 22.7. The van der Waals surface area contributed by atoms with Gasteiger partial charge < -0.3 is 54.3 Å². The van der Waals surface area contributed by atoms with Crippen LogP contribution in [0.25, 0.3) is 0 Å². The topological polar surface area (TPSA) is 185 Å². The number of rotatable bonds is 6. The van der Waals surface area contributed by atoms with E-state index >= 15 is 0 Å². The molecular weight excluding hydrogens is 408 g/mol. The number of hydrogen-bond acceptors (Lipinski definition) is 12. The summed E-state index contributed by atoms with van der Waals surface area (Å²) in [5, 5.41) is 59.7. The summed E-state index contributed by atoms with van der Waals surface area (Å²) in [4.78, 5) is 11.7. The van der Waals surface area contributed by atoms with Crippen LogP contribution in [-0.4, -0.2) is 106 Å². The number of hydrogen-bond donors (Lipinski definition) is 6. The summed E-state index contributed by atoms with van der Waals surface area (Å²) < 4.78 is 25.9. The van der Waals surface area contributed by atoms with Gasteiger partial charge in [-0.1, -0.05) is 0 Å². The third kappa shape index (κ3) is 4.36. The molecule has 168 valence electrons. The number of benzene rings is 1. The summed E-state index contributed by atoms with van der Waals surface area (Å²) in [6, 6.07) is 3.70. The van der Waals surface area contributed by atoms with E-state index in [1.807, 2.05) is 0 Å². The van der Waals surface area contributed by atoms with Crippen LogP contribution in [0.2, 0.25) is 0 Å². The molecule has 7 atom stereocenters. The Balaban J connectivity index is 1.70. The number of phenolic OH excluding ortho intramolecular Hbond substituents is 1. The zero-order chi connectivity index (χ0) is 22.1. The molecular formula is C18H24O12. The quantitative estimate of drug-likeness (QED) is 0.259. The summed E-state index contributed by atoms with van der Waals surface area (Å²) in [5.41, 5.74) is -2.10. The number of aromatic hydroxyl groups is 1. The van der Waals surface area contributed by atoms with Crippen LogP contribution < -0.4 is 4.74 Å². The number of methoxy groups -OCH3 is 1. The van der Waals surface area contributed by atoms with Crippen molar-refractivity contribution in [1.82, 2.24) is 0 Å². The number of carbonyl (C=O) groups is 1. The molecule has 2 aliphatic heterocycles. The van der Waals surface area contributed by atoms with Crippen molar-refractivity contribution >= 4 is 5.97 Å². The molecule has 2 heterocycles. The molecule has 2 aliphatic rings. The molecule has 30 heavy (non-hydrogen) atoms. The van der Waals surface area contributed by atoms with Crippen molar-refractivity contribution < 1.29 is 59.1 Å². The Morgan fingerprint density at radius 1 is 1.23 bits per heavy atom. The first-order chi connectivity index (χ1) is 14.2. The number of aliphatic hydroxyl groups is 5. The van der Waals surface area contributed by atoms with E-state index in [2.05, 4.69) is 4.74 Å². The first-order valence-corrected chi connectivity index (χ1v) is 9.04. The van der Waals surface area contributed by atoms with E-state index in [9.17, 15) is 35.4 Å². The predicted octanol–water partition coefficient (Wildman–Crippen LogP) is -2.54. The number of esters is 1. The molecule has 2 fully saturated rings. The molecule has 0 aliphatic carbocycles. The second-order valence-corrected chi connectivity index (χ2v) is 7.03. The number of carbonyl (C=O) groups excluding carboxylic acids is 1. The van der Waals surface area contributed by atoms with Crippen molar-refractivity contribution in [2.75, 3.05) is 26.9 Å². The molecule has 0 amide bonds. The average molecular weight is 432 g/mol. The van der Waals surface area contributed by atoms with Gasteiger partial charge in [-0.3, -0.25) is 0 Å². The van der Waals surface area contributed by atoms with E-state index in [-0.39, 0.29) is 23.7 Å². The summed E-state index contributed by atoms with van der Waals surface area (Å²) in [5.74, 6) is -1.08. The van der Waals surface area contributed by atoms with E-state index in [0.29, 0.717) is 0 Å². The van der Waals surface area contributed by atoms with Crippen molar-refractivity contribution in [2.24, 2.45) is 0 Å². The lowest BCUT2D eigenvalue weighted by molar-refractivity contribution is -0.290. The number of aliphatic hydroxyl groups excluding tert-OH is 4. The molecule has 1 aromatic rings. The minimum atomic E-state index is -1.93. The van der Waals surface area contributed by atoms with Gasteiger partial charge in [-0.2, -0.15) is 0 Å². The van der Waals surface area contributed by atoms with E-state index in [1.165, 1.54) is 18.2 Å². The highest BCUT2D eigenvalue weighted by Crippen LogP contribution is 2.31. The molecule has 3 rings (SSSR count). The van der Waals surface area contributed by atoms with Gasteiger partial charge in [-0.05, 0) is 18.2 Å². The monoisotopic (exact) mass is 432 g/mol. The van der Waals surface area contributed by atoms with Gasteiger partial charge in [-0.25, -0.2) is 4.79 Å². The van der Waals surface area contributed by atoms with Gasteiger partial charge in [0.05, 0.1) is 26.9 Å². The highest BCUT2D eigenvalue weighted by molar-refractivity contribution is 5.92. The Morgan fingerprint density at radius 3 is 2.60 bits per heavy atom. The van der Waals surface area contributed by atoms with Gasteiger partial charge in [0, 0.05) is 0 Å². The van der Waals surface area contributed by atoms with Crippen LogP contribution in [0.3, 0.4) is 0 Å². The van der Waals surface area contributed by atoms with Gasteiger partial charge in [0.25, 0.3) is 0 Å². The lowest BCUT2D eigenvalue weighted by Crippen LogP contribution is -2.58. The van der Waals surface area contributed by atoms with E-state index < -0.39 is 61.8 Å². The molecule has 12 nitrogen and oxygen atoms in total. The molecule has 0 bridgehead atoms. The summed E-state index contributed by atoms with van der Waals surface area (Å²) >= 11 is 0. The SMILES string of the molecule is COC(=O)c1cc(OC2OCC(O)C(OC3OCC(O)(CO)C3O)C2O)ccc1O. The molecule has 0 saturated carbocycles. The third-order valence-corrected chi connectivity index (χ3v) is 4.92. The second-order valence-electron chi connectivity index (χ2n) is 7.03. The van der Waals surface area contributed by atoms with Crippen molar-refractivity contribution in [2.45, 2.75) is 42.6 Å². The van der Waals surface area contributed by atoms with Crippen molar-refractivity contribution in [3.63, 3.8) is 0 Å². The van der Waals surface area contributed by atoms with Crippen molar-refractivity contribution in [3.8, 4) is 11.5 Å². The summed E-state index contributed by atoms with van der Waals surface area (Å²) in [6.07, 6.45) is -8.60. The molecule has 7 unspecified atom stereocenters. The van der Waals surface area contributed by atoms with Crippen LogP contribution in [0, 0.1) is 0 Å². The zero-order valence-corrected chi connectivity index (χ0v) is 16.0. The highest BCUT2D eigenvalue weighted by Gasteiger charge is 2.51. The van der Waals surface area contributed by atoms with Crippen LogP contribution in [0.1, 0.15) is 10.4 Å². The normalized spacial score (nSPS) is 36.5. The molecule has 12 heteroatoms. The van der Waals surface area contributed by atoms with E-state index in [4.69, 9.17) is 18.9 Å². The molecule has 2 saturated heterocycles. The van der Waals surface area contributed by atoms with Crippen LogP contribution in [-0.2, 0) is 18.9 Å². The largest absolute Gasteiger partial charge is 0.507 e. The van der Waals surface area contributed by atoms with Crippen LogP contribution in [0.5, 0.6) is 11.5 Å². The smallest absolute Gasteiger partial charge is 0.341 e. The Morgan fingerprint density at radius 2 is 1.97 bits per heavy atom. The van der Waals surface area contributed by atoms with E-state index in [1.54, 1.807) is 0 Å². The fourth-order valence-electron chi connectivity index (χ4n) is 3.10. The predicted molar refractivity (Wildman–Crippen MR) is 94.5 cm³/mol. The third-order valence-electron chi connectivity index (χ3n) is 4.92. The van der Waals surface area contributed by atoms with Gasteiger partial charge in [0.2, 0.25) is 6.29 Å². The molecule has 0 radical (unpaired) electrons. The maximum absolute atomic E-state index is 11.7. The number of ether oxygens (including phenoxy) is 5. The summed E-state index contributed by atoms with van der Waals surface area (Å²) in [6.45, 7) is -1.49. The fraction of sp³-hybridized carbons (Fsp3) is 0.611. The number of phenols is 1. The van der Waals surface area contributed by atoms with Crippen molar-refractivity contribution in [1.29, 1.82) is 0 Å². The molecule has 1 aromatic carbocycles. The van der Waals surface area contributed by atoms with Gasteiger partial charge >= 0.3 is 5.97 Å². The Labute approximate surface area is 170 Å². The standard InChI is InChI=1S/C18H24O12/c1-26-15(24)9-4-8(2-3-10(9)20)29-16-12(22)13(11(21)5-27-16)30-17-14(23)18(25,6-19)7-28-17/h2-4,11-14,16-17,19-23,25H,5-7H2,1H3. The first-order valence-electron chi connectivity index (χ1n) is 9.04. The van der Waals surface area contributed by atoms with Crippen molar-refractivity contribution in [3.05, 3.63) is 23.8 Å². The van der Waals surface area contributed by atoms with Gasteiger partial charge in [0.1, 0.15) is 47.1 Å². The Kier molecular flexibility index (Phi) is 6.79. The average Bonchev–Trinajstić information content (AvgIpc) is 3.02. The highest BCUT2D eigenvalue weighted by atomic mass is 16.7. The van der Waals surface area contributed by atoms with Gasteiger partial charge in [-0.15, -0.1) is 0 Å². The second kappa shape index (κ2) is 8.99. The van der Waals surface area contributed by atoms with Crippen LogP contribution in [0.4, 0.5) is 0 Å². The molecule has 0 aromatic heterocycles. The minimum absolute atomic E-state index is 0.0548. The molecule has 6 N–H and O–H groups in total. The Hall–Kier alpha value is -2.03.